The molecule has 0 N–H and O–H groups in total. The molecule has 0 aromatic heterocycles. The fourth-order valence-electron chi connectivity index (χ4n) is 3.13. The van der Waals surface area contributed by atoms with E-state index in [1.807, 2.05) is 0 Å². The summed E-state index contributed by atoms with van der Waals surface area (Å²) in [6, 6.07) is 0. The summed E-state index contributed by atoms with van der Waals surface area (Å²) < 4.78 is 11.3. The number of allylic oxidation sites excluding steroid dienone is 2. The normalized spacial score (nSPS) is 19.8. The summed E-state index contributed by atoms with van der Waals surface area (Å²) >= 11 is 0. The highest BCUT2D eigenvalue weighted by Gasteiger charge is 2.29. The highest BCUT2D eigenvalue weighted by molar-refractivity contribution is 4.98. The molecule has 2 nitrogen and oxygen atoms in total. The van der Waals surface area contributed by atoms with E-state index in [1.165, 1.54) is 44.1 Å². The highest BCUT2D eigenvalue weighted by Crippen LogP contribution is 2.25. The van der Waals surface area contributed by atoms with Gasteiger partial charge in [-0.15, -0.1) is 0 Å². The molecule has 22 heavy (non-hydrogen) atoms. The van der Waals surface area contributed by atoms with Gasteiger partial charge in [-0.1, -0.05) is 58.1 Å². The lowest BCUT2D eigenvalue weighted by molar-refractivity contribution is -0.145. The van der Waals surface area contributed by atoms with Gasteiger partial charge in [0.1, 0.15) is 0 Å². The molecule has 1 heterocycles. The van der Waals surface area contributed by atoms with Crippen molar-refractivity contribution in [3.8, 4) is 0 Å². The van der Waals surface area contributed by atoms with E-state index in [1.54, 1.807) is 0 Å². The largest absolute Gasteiger partial charge is 0.348 e. The van der Waals surface area contributed by atoms with Gasteiger partial charge in [0.25, 0.3) is 0 Å². The van der Waals surface area contributed by atoms with Crippen molar-refractivity contribution in [2.75, 3.05) is 13.2 Å². The average Bonchev–Trinajstić information content (AvgIpc) is 2.85. The van der Waals surface area contributed by atoms with E-state index in [9.17, 15) is 0 Å². The van der Waals surface area contributed by atoms with Gasteiger partial charge in [-0.25, -0.2) is 0 Å². The standard InChI is InChI=1S/C20H38O2/c1-17(2)9-6-10-18(3)11-7-12-19(4)13-8-14-20(5)21-15-16-22-20/h13,17-18H,6-12,14-16H2,1-5H3. The predicted octanol–water partition coefficient (Wildman–Crippen LogP) is 6.11. The maximum atomic E-state index is 5.64. The maximum Gasteiger partial charge on any atom is 0.166 e. The second kappa shape index (κ2) is 10.4. The quantitative estimate of drug-likeness (QED) is 0.429. The Balaban J connectivity index is 2.06. The smallest absolute Gasteiger partial charge is 0.166 e. The highest BCUT2D eigenvalue weighted by atomic mass is 16.7. The number of ether oxygens (including phenoxy) is 2. The van der Waals surface area contributed by atoms with Crippen LogP contribution in [0.2, 0.25) is 0 Å². The van der Waals surface area contributed by atoms with Crippen molar-refractivity contribution in [2.45, 2.75) is 91.8 Å². The van der Waals surface area contributed by atoms with Gasteiger partial charge in [0.15, 0.2) is 5.79 Å². The van der Waals surface area contributed by atoms with Crippen LogP contribution in [0.3, 0.4) is 0 Å². The fraction of sp³-hybridized carbons (Fsp3) is 0.900. The van der Waals surface area contributed by atoms with E-state index < -0.39 is 0 Å². The second-order valence-electron chi connectivity index (χ2n) is 7.74. The van der Waals surface area contributed by atoms with Crippen LogP contribution in [0, 0.1) is 11.8 Å². The zero-order chi connectivity index (χ0) is 16.4. The summed E-state index contributed by atoms with van der Waals surface area (Å²) in [5.41, 5.74) is 1.52. The lowest BCUT2D eigenvalue weighted by atomic mass is 9.94. The molecule has 0 saturated carbocycles. The minimum Gasteiger partial charge on any atom is -0.348 e. The van der Waals surface area contributed by atoms with Crippen LogP contribution in [-0.2, 0) is 9.47 Å². The molecule has 0 aromatic rings. The van der Waals surface area contributed by atoms with Crippen LogP contribution < -0.4 is 0 Å². The lowest BCUT2D eigenvalue weighted by Crippen LogP contribution is -2.24. The van der Waals surface area contributed by atoms with Gasteiger partial charge >= 0.3 is 0 Å². The van der Waals surface area contributed by atoms with Crippen LogP contribution in [0.25, 0.3) is 0 Å². The molecule has 1 fully saturated rings. The first-order chi connectivity index (χ1) is 10.4. The van der Waals surface area contributed by atoms with Gasteiger partial charge in [0.2, 0.25) is 0 Å². The molecule has 2 heteroatoms. The maximum absolute atomic E-state index is 5.64. The first-order valence-electron chi connectivity index (χ1n) is 9.35. The summed E-state index contributed by atoms with van der Waals surface area (Å²) in [5, 5.41) is 0. The molecule has 1 aliphatic rings. The predicted molar refractivity (Wildman–Crippen MR) is 95.0 cm³/mol. The van der Waals surface area contributed by atoms with E-state index in [-0.39, 0.29) is 5.79 Å². The van der Waals surface area contributed by atoms with Crippen molar-refractivity contribution in [3.05, 3.63) is 11.6 Å². The number of hydrogen-bond acceptors (Lipinski definition) is 2. The number of hydrogen-bond donors (Lipinski definition) is 0. The molecule has 1 saturated heterocycles. The third-order valence-electron chi connectivity index (χ3n) is 4.74. The Bertz CT molecular complexity index is 314. The summed E-state index contributed by atoms with van der Waals surface area (Å²) in [6.45, 7) is 12.9. The van der Waals surface area contributed by atoms with Crippen molar-refractivity contribution in [1.29, 1.82) is 0 Å². The van der Waals surface area contributed by atoms with Crippen molar-refractivity contribution in [1.82, 2.24) is 0 Å². The summed E-state index contributed by atoms with van der Waals surface area (Å²) in [4.78, 5) is 0. The molecule has 0 aromatic carbocycles. The average molecular weight is 311 g/mol. The molecular weight excluding hydrogens is 272 g/mol. The van der Waals surface area contributed by atoms with Crippen LogP contribution in [0.1, 0.15) is 86.0 Å². The Morgan fingerprint density at radius 1 is 1.05 bits per heavy atom. The second-order valence-corrected chi connectivity index (χ2v) is 7.74. The van der Waals surface area contributed by atoms with Crippen LogP contribution in [0.15, 0.2) is 11.6 Å². The Kier molecular flexibility index (Phi) is 9.35. The van der Waals surface area contributed by atoms with E-state index >= 15 is 0 Å². The molecule has 0 radical (unpaired) electrons. The molecular formula is C20H38O2. The molecule has 1 rings (SSSR count). The SMILES string of the molecule is CC(=CCCC1(C)OCCO1)CCCC(C)CCCC(C)C. The van der Waals surface area contributed by atoms with Crippen LogP contribution >= 0.6 is 0 Å². The first-order valence-corrected chi connectivity index (χ1v) is 9.35. The first kappa shape index (κ1) is 19.7. The molecule has 1 unspecified atom stereocenters. The monoisotopic (exact) mass is 310 g/mol. The third-order valence-corrected chi connectivity index (χ3v) is 4.74. The molecule has 130 valence electrons. The van der Waals surface area contributed by atoms with Crippen LogP contribution in [-0.4, -0.2) is 19.0 Å². The molecule has 1 aliphatic heterocycles. The molecule has 0 spiro atoms. The third kappa shape index (κ3) is 8.95. The molecule has 0 bridgehead atoms. The minimum absolute atomic E-state index is 0.332. The van der Waals surface area contributed by atoms with Gasteiger partial charge in [0.05, 0.1) is 13.2 Å². The van der Waals surface area contributed by atoms with Gasteiger partial charge in [-0.3, -0.25) is 0 Å². The van der Waals surface area contributed by atoms with Crippen molar-refractivity contribution in [3.63, 3.8) is 0 Å². The summed E-state index contributed by atoms with van der Waals surface area (Å²) in [6.07, 6.45) is 12.5. The van der Waals surface area contributed by atoms with E-state index in [0.29, 0.717) is 0 Å². The number of rotatable bonds is 11. The van der Waals surface area contributed by atoms with Gasteiger partial charge in [0, 0.05) is 6.42 Å². The Morgan fingerprint density at radius 2 is 1.68 bits per heavy atom. The van der Waals surface area contributed by atoms with Crippen LogP contribution in [0.5, 0.6) is 0 Å². The van der Waals surface area contributed by atoms with Gasteiger partial charge < -0.3 is 9.47 Å². The molecule has 0 amide bonds. The van der Waals surface area contributed by atoms with E-state index in [4.69, 9.17) is 9.47 Å². The zero-order valence-corrected chi connectivity index (χ0v) is 15.6. The fourth-order valence-corrected chi connectivity index (χ4v) is 3.13. The molecule has 1 atom stereocenters. The summed E-state index contributed by atoms with van der Waals surface area (Å²) in [5.74, 6) is 1.40. The van der Waals surface area contributed by atoms with Crippen molar-refractivity contribution in [2.24, 2.45) is 11.8 Å². The Labute approximate surface area is 138 Å². The summed E-state index contributed by atoms with van der Waals surface area (Å²) in [7, 11) is 0. The van der Waals surface area contributed by atoms with E-state index in [2.05, 4.69) is 40.7 Å². The van der Waals surface area contributed by atoms with E-state index in [0.717, 1.165) is 37.9 Å². The van der Waals surface area contributed by atoms with Gasteiger partial charge in [-0.2, -0.15) is 0 Å². The van der Waals surface area contributed by atoms with Crippen LogP contribution in [0.4, 0.5) is 0 Å². The topological polar surface area (TPSA) is 18.5 Å². The Hall–Kier alpha value is -0.340. The minimum atomic E-state index is -0.332. The van der Waals surface area contributed by atoms with Crippen molar-refractivity contribution < 1.29 is 9.47 Å². The zero-order valence-electron chi connectivity index (χ0n) is 15.6. The molecule has 0 aliphatic carbocycles. The van der Waals surface area contributed by atoms with Gasteiger partial charge in [-0.05, 0) is 44.9 Å². The lowest BCUT2D eigenvalue weighted by Gasteiger charge is -2.21. The van der Waals surface area contributed by atoms with Crippen molar-refractivity contribution >= 4 is 0 Å². The Morgan fingerprint density at radius 3 is 2.32 bits per heavy atom.